The van der Waals surface area contributed by atoms with Gasteiger partial charge in [-0.15, -0.1) is 0 Å². The second-order valence-corrected chi connectivity index (χ2v) is 9.26. The number of ether oxygens (including phenoxy) is 2. The van der Waals surface area contributed by atoms with Crippen molar-refractivity contribution in [3.8, 4) is 22.6 Å². The molecule has 0 unspecified atom stereocenters. The standard InChI is InChI=1S/C24H30FN7O2/c1-24(12-26)13-33-22(34-14-24)21-31-19(15-2-4-16(25)5-3-15)20(32-21)18-8-11-28-23(30-18)29-17-6-9-27-10-7-17/h2-5,8,11,17,22,27H,6-7,9-10,12-14,26H2,1H3,(H,31,32)(H,28,29,30). The van der Waals surface area contributed by atoms with E-state index in [2.05, 4.69) is 20.6 Å². The molecule has 0 saturated carbocycles. The Labute approximate surface area is 197 Å². The number of nitrogens with one attached hydrogen (secondary N) is 3. The first-order chi connectivity index (χ1) is 16.5. The molecule has 0 radical (unpaired) electrons. The van der Waals surface area contributed by atoms with E-state index in [4.69, 9.17) is 25.2 Å². The molecule has 2 fully saturated rings. The predicted octanol–water partition coefficient (Wildman–Crippen LogP) is 2.85. The van der Waals surface area contributed by atoms with E-state index in [1.54, 1.807) is 18.3 Å². The summed E-state index contributed by atoms with van der Waals surface area (Å²) in [4.78, 5) is 17.3. The van der Waals surface area contributed by atoms with Crippen molar-refractivity contribution in [1.29, 1.82) is 0 Å². The number of nitrogens with zero attached hydrogens (tertiary/aromatic N) is 3. The molecule has 4 heterocycles. The van der Waals surface area contributed by atoms with E-state index in [1.165, 1.54) is 12.1 Å². The number of anilines is 1. The van der Waals surface area contributed by atoms with Crippen LogP contribution in [-0.2, 0) is 9.47 Å². The molecule has 0 spiro atoms. The SMILES string of the molecule is CC1(CN)COC(c2nc(-c3ccc(F)cc3)c(-c3ccnc(NC4CCNCC4)n3)[nH]2)OC1. The van der Waals surface area contributed by atoms with Gasteiger partial charge in [0.1, 0.15) is 5.82 Å². The molecular weight excluding hydrogens is 437 g/mol. The molecule has 5 rings (SSSR count). The number of aromatic amines is 1. The van der Waals surface area contributed by atoms with Crippen molar-refractivity contribution in [3.05, 3.63) is 48.2 Å². The van der Waals surface area contributed by atoms with Crippen LogP contribution in [0.5, 0.6) is 0 Å². The van der Waals surface area contributed by atoms with Gasteiger partial charge in [-0.2, -0.15) is 0 Å². The van der Waals surface area contributed by atoms with Crippen LogP contribution in [-0.4, -0.2) is 58.8 Å². The van der Waals surface area contributed by atoms with Crippen LogP contribution in [0.15, 0.2) is 36.5 Å². The third kappa shape index (κ3) is 4.95. The number of imidazole rings is 1. The molecule has 34 heavy (non-hydrogen) atoms. The van der Waals surface area contributed by atoms with Crippen molar-refractivity contribution in [2.75, 3.05) is 38.2 Å². The number of aromatic nitrogens is 4. The van der Waals surface area contributed by atoms with Gasteiger partial charge in [0.25, 0.3) is 0 Å². The van der Waals surface area contributed by atoms with Gasteiger partial charge in [0.2, 0.25) is 12.2 Å². The van der Waals surface area contributed by atoms with Crippen molar-refractivity contribution in [2.45, 2.75) is 32.1 Å². The minimum atomic E-state index is -0.651. The topological polar surface area (TPSA) is 123 Å². The van der Waals surface area contributed by atoms with Crippen LogP contribution in [0.1, 0.15) is 31.9 Å². The summed E-state index contributed by atoms with van der Waals surface area (Å²) in [6, 6.07) is 8.37. The van der Waals surface area contributed by atoms with Crippen molar-refractivity contribution < 1.29 is 13.9 Å². The number of piperidine rings is 1. The average molecular weight is 468 g/mol. The number of halogens is 1. The maximum absolute atomic E-state index is 13.6. The molecular formula is C24H30FN7O2. The van der Waals surface area contributed by atoms with Gasteiger partial charge in [-0.05, 0) is 56.3 Å². The molecule has 1 aromatic carbocycles. The van der Waals surface area contributed by atoms with Crippen LogP contribution in [0.2, 0.25) is 0 Å². The number of H-pyrrole nitrogens is 1. The summed E-state index contributed by atoms with van der Waals surface area (Å²) in [6.07, 6.45) is 3.10. The highest BCUT2D eigenvalue weighted by molar-refractivity contribution is 5.77. The zero-order valence-electron chi connectivity index (χ0n) is 19.2. The van der Waals surface area contributed by atoms with Crippen molar-refractivity contribution >= 4 is 5.95 Å². The first-order valence-electron chi connectivity index (χ1n) is 11.6. The summed E-state index contributed by atoms with van der Waals surface area (Å²) < 4.78 is 25.5. The van der Waals surface area contributed by atoms with Crippen LogP contribution < -0.4 is 16.4 Å². The Kier molecular flexibility index (Phi) is 6.55. The molecule has 2 saturated heterocycles. The van der Waals surface area contributed by atoms with Crippen LogP contribution >= 0.6 is 0 Å². The van der Waals surface area contributed by atoms with Gasteiger partial charge in [-0.25, -0.2) is 19.3 Å². The fraction of sp³-hybridized carbons (Fsp3) is 0.458. The number of rotatable bonds is 6. The lowest BCUT2D eigenvalue weighted by atomic mass is 9.93. The number of nitrogens with two attached hydrogens (primary N) is 1. The Morgan fingerprint density at radius 3 is 2.56 bits per heavy atom. The van der Waals surface area contributed by atoms with E-state index in [0.717, 1.165) is 31.5 Å². The Morgan fingerprint density at radius 1 is 1.12 bits per heavy atom. The van der Waals surface area contributed by atoms with E-state index < -0.39 is 6.29 Å². The van der Waals surface area contributed by atoms with E-state index >= 15 is 0 Å². The second kappa shape index (κ2) is 9.75. The van der Waals surface area contributed by atoms with Crippen LogP contribution in [0.25, 0.3) is 22.6 Å². The minimum Gasteiger partial charge on any atom is -0.351 e. The van der Waals surface area contributed by atoms with Gasteiger partial charge in [0.05, 0.1) is 30.3 Å². The molecule has 2 aliphatic heterocycles. The van der Waals surface area contributed by atoms with E-state index in [-0.39, 0.29) is 11.2 Å². The summed E-state index contributed by atoms with van der Waals surface area (Å²) in [6.45, 7) is 5.37. The summed E-state index contributed by atoms with van der Waals surface area (Å²) in [5.74, 6) is 0.783. The normalized spacial score (nSPS) is 23.7. The third-order valence-corrected chi connectivity index (χ3v) is 6.31. The molecule has 2 aliphatic rings. The monoisotopic (exact) mass is 467 g/mol. The highest BCUT2D eigenvalue weighted by Crippen LogP contribution is 2.35. The van der Waals surface area contributed by atoms with Crippen molar-refractivity contribution in [3.63, 3.8) is 0 Å². The Morgan fingerprint density at radius 2 is 1.85 bits per heavy atom. The number of hydrogen-bond acceptors (Lipinski definition) is 8. The zero-order chi connectivity index (χ0) is 23.5. The summed E-state index contributed by atoms with van der Waals surface area (Å²) in [7, 11) is 0. The number of benzene rings is 1. The van der Waals surface area contributed by atoms with Gasteiger partial charge >= 0.3 is 0 Å². The molecule has 5 N–H and O–H groups in total. The van der Waals surface area contributed by atoms with Gasteiger partial charge in [-0.3, -0.25) is 0 Å². The Balaban J connectivity index is 1.47. The third-order valence-electron chi connectivity index (χ3n) is 6.31. The molecule has 0 amide bonds. The van der Waals surface area contributed by atoms with Crippen LogP contribution in [0.3, 0.4) is 0 Å². The molecule has 0 atom stereocenters. The molecule has 0 bridgehead atoms. The van der Waals surface area contributed by atoms with Gasteiger partial charge in [0.15, 0.2) is 5.82 Å². The van der Waals surface area contributed by atoms with Gasteiger partial charge in [0, 0.05) is 29.8 Å². The van der Waals surface area contributed by atoms with Gasteiger partial charge < -0.3 is 30.8 Å². The average Bonchev–Trinajstić information content (AvgIpc) is 3.31. The molecule has 180 valence electrons. The summed E-state index contributed by atoms with van der Waals surface area (Å²) in [5.41, 5.74) is 8.39. The summed E-state index contributed by atoms with van der Waals surface area (Å²) >= 11 is 0. The van der Waals surface area contributed by atoms with Crippen molar-refractivity contribution in [2.24, 2.45) is 11.1 Å². The fourth-order valence-corrected chi connectivity index (χ4v) is 4.14. The second-order valence-electron chi connectivity index (χ2n) is 9.26. The quantitative estimate of drug-likeness (QED) is 0.436. The van der Waals surface area contributed by atoms with Gasteiger partial charge in [-0.1, -0.05) is 6.92 Å². The first-order valence-corrected chi connectivity index (χ1v) is 11.6. The zero-order valence-corrected chi connectivity index (χ0v) is 19.2. The molecule has 10 heteroatoms. The number of hydrogen-bond donors (Lipinski definition) is 4. The maximum atomic E-state index is 13.6. The first kappa shape index (κ1) is 22.9. The lowest BCUT2D eigenvalue weighted by Gasteiger charge is -2.35. The van der Waals surface area contributed by atoms with E-state index in [9.17, 15) is 4.39 Å². The lowest BCUT2D eigenvalue weighted by molar-refractivity contribution is -0.231. The fourth-order valence-electron chi connectivity index (χ4n) is 4.14. The molecule has 0 aliphatic carbocycles. The summed E-state index contributed by atoms with van der Waals surface area (Å²) in [5, 5.41) is 6.79. The minimum absolute atomic E-state index is 0.229. The Hall–Kier alpha value is -2.92. The molecule has 3 aromatic rings. The highest BCUT2D eigenvalue weighted by Gasteiger charge is 2.34. The Bertz CT molecular complexity index is 1110. The molecule has 2 aromatic heterocycles. The highest BCUT2D eigenvalue weighted by atomic mass is 19.1. The van der Waals surface area contributed by atoms with E-state index in [0.29, 0.717) is 54.7 Å². The van der Waals surface area contributed by atoms with E-state index in [1.807, 2.05) is 13.0 Å². The van der Waals surface area contributed by atoms with Crippen LogP contribution in [0.4, 0.5) is 10.3 Å². The van der Waals surface area contributed by atoms with Crippen LogP contribution in [0, 0.1) is 11.2 Å². The smallest absolute Gasteiger partial charge is 0.223 e. The predicted molar refractivity (Wildman–Crippen MR) is 126 cm³/mol. The molecule has 9 nitrogen and oxygen atoms in total. The maximum Gasteiger partial charge on any atom is 0.223 e. The largest absolute Gasteiger partial charge is 0.351 e. The lowest BCUT2D eigenvalue weighted by Crippen LogP contribution is -2.42. The van der Waals surface area contributed by atoms with Crippen molar-refractivity contribution in [1.82, 2.24) is 25.3 Å².